The molecule has 4 heteroatoms. The molecule has 1 saturated carbocycles. The second-order valence-corrected chi connectivity index (χ2v) is 4.73. The number of rotatable bonds is 4. The fourth-order valence-corrected chi connectivity index (χ4v) is 1.85. The molecule has 0 aliphatic heterocycles. The number of hydrogen-bond acceptors (Lipinski definition) is 2. The minimum atomic E-state index is 0.0355. The van der Waals surface area contributed by atoms with E-state index in [0.29, 0.717) is 6.04 Å². The first-order valence-corrected chi connectivity index (χ1v) is 6.18. The molecular formula is C14H19N3O. The van der Waals surface area contributed by atoms with Gasteiger partial charge in [0.05, 0.1) is 6.34 Å². The molecule has 0 atom stereocenters. The average Bonchev–Trinajstić information content (AvgIpc) is 3.12. The van der Waals surface area contributed by atoms with Crippen molar-refractivity contribution in [2.75, 3.05) is 19.0 Å². The van der Waals surface area contributed by atoms with Crippen LogP contribution in [-0.4, -0.2) is 32.4 Å². The van der Waals surface area contributed by atoms with Crippen molar-refractivity contribution in [3.8, 4) is 0 Å². The van der Waals surface area contributed by atoms with Gasteiger partial charge in [0.25, 0.3) is 5.91 Å². The Labute approximate surface area is 108 Å². The number of carbonyl (C=O) groups excluding carboxylic acids is 1. The Bertz CT molecular complexity index is 478. The van der Waals surface area contributed by atoms with Gasteiger partial charge in [0.15, 0.2) is 0 Å². The van der Waals surface area contributed by atoms with Gasteiger partial charge >= 0.3 is 0 Å². The summed E-state index contributed by atoms with van der Waals surface area (Å²) in [5.41, 5.74) is 2.77. The summed E-state index contributed by atoms with van der Waals surface area (Å²) in [5.74, 6) is 0.0355. The highest BCUT2D eigenvalue weighted by Crippen LogP contribution is 2.21. The molecule has 18 heavy (non-hydrogen) atoms. The number of nitrogens with zero attached hydrogens (tertiary/aromatic N) is 2. The summed E-state index contributed by atoms with van der Waals surface area (Å²) in [5, 5.41) is 3.01. The van der Waals surface area contributed by atoms with Crippen molar-refractivity contribution >= 4 is 17.9 Å². The Hall–Kier alpha value is -1.84. The molecule has 1 aliphatic rings. The molecular weight excluding hydrogens is 226 g/mol. The molecule has 0 aromatic heterocycles. The topological polar surface area (TPSA) is 44.7 Å². The normalized spacial score (nSPS) is 14.8. The number of benzene rings is 1. The van der Waals surface area contributed by atoms with Crippen LogP contribution in [0.5, 0.6) is 0 Å². The maximum absolute atomic E-state index is 12.0. The van der Waals surface area contributed by atoms with E-state index >= 15 is 0 Å². The summed E-state index contributed by atoms with van der Waals surface area (Å²) in [6.45, 7) is 1.96. The molecule has 1 aromatic rings. The lowest BCUT2D eigenvalue weighted by atomic mass is 10.1. The van der Waals surface area contributed by atoms with Crippen LogP contribution in [0.2, 0.25) is 0 Å². The van der Waals surface area contributed by atoms with Gasteiger partial charge in [-0.25, -0.2) is 0 Å². The third-order valence-electron chi connectivity index (χ3n) is 3.06. The predicted octanol–water partition coefficient (Wildman–Crippen LogP) is 1.98. The quantitative estimate of drug-likeness (QED) is 0.651. The van der Waals surface area contributed by atoms with Crippen molar-refractivity contribution in [1.29, 1.82) is 0 Å². The van der Waals surface area contributed by atoms with E-state index in [0.717, 1.165) is 29.7 Å². The molecule has 4 nitrogen and oxygen atoms in total. The first-order valence-electron chi connectivity index (χ1n) is 6.18. The van der Waals surface area contributed by atoms with Gasteiger partial charge in [0.2, 0.25) is 0 Å². The van der Waals surface area contributed by atoms with Crippen molar-refractivity contribution in [2.24, 2.45) is 4.99 Å². The first-order chi connectivity index (χ1) is 8.61. The summed E-state index contributed by atoms with van der Waals surface area (Å²) < 4.78 is 0. The number of aliphatic imine (C=N–C) groups is 1. The highest BCUT2D eigenvalue weighted by atomic mass is 16.1. The van der Waals surface area contributed by atoms with Gasteiger partial charge in [0.1, 0.15) is 0 Å². The Balaban J connectivity index is 2.15. The van der Waals surface area contributed by atoms with E-state index < -0.39 is 0 Å². The minimum Gasteiger partial charge on any atom is -0.349 e. The molecule has 0 bridgehead atoms. The molecule has 96 valence electrons. The fraction of sp³-hybridized carbons (Fsp3) is 0.429. The van der Waals surface area contributed by atoms with E-state index in [1.54, 1.807) is 13.4 Å². The molecule has 0 heterocycles. The van der Waals surface area contributed by atoms with Crippen LogP contribution in [0.1, 0.15) is 28.8 Å². The van der Waals surface area contributed by atoms with Crippen LogP contribution >= 0.6 is 0 Å². The Kier molecular flexibility index (Phi) is 3.65. The zero-order valence-electron chi connectivity index (χ0n) is 11.1. The number of amides is 1. The van der Waals surface area contributed by atoms with E-state index in [2.05, 4.69) is 10.3 Å². The number of nitrogens with one attached hydrogen (secondary N) is 1. The lowest BCUT2D eigenvalue weighted by Crippen LogP contribution is -2.26. The second-order valence-electron chi connectivity index (χ2n) is 4.73. The summed E-state index contributed by atoms with van der Waals surface area (Å²) >= 11 is 0. The van der Waals surface area contributed by atoms with E-state index in [4.69, 9.17) is 0 Å². The lowest BCUT2D eigenvalue weighted by Gasteiger charge is -2.15. The van der Waals surface area contributed by atoms with Gasteiger partial charge in [-0.05, 0) is 43.5 Å². The maximum Gasteiger partial charge on any atom is 0.251 e. The molecule has 1 N–H and O–H groups in total. The summed E-state index contributed by atoms with van der Waals surface area (Å²) in [6.07, 6.45) is 3.97. The zero-order chi connectivity index (χ0) is 13.1. The minimum absolute atomic E-state index is 0.0355. The SMILES string of the molecule is CN=CN(C)c1ccc(C(=O)NC2CC2)c(C)c1. The summed E-state index contributed by atoms with van der Waals surface area (Å²) in [4.78, 5) is 17.9. The van der Waals surface area contributed by atoms with Gasteiger partial charge in [-0.15, -0.1) is 0 Å². The number of anilines is 1. The highest BCUT2D eigenvalue weighted by Gasteiger charge is 2.24. The third kappa shape index (κ3) is 2.88. The Morgan fingerprint density at radius 3 is 2.78 bits per heavy atom. The van der Waals surface area contributed by atoms with Crippen LogP contribution in [0.15, 0.2) is 23.2 Å². The van der Waals surface area contributed by atoms with Crippen molar-refractivity contribution in [3.63, 3.8) is 0 Å². The van der Waals surface area contributed by atoms with Crippen molar-refractivity contribution in [1.82, 2.24) is 5.32 Å². The molecule has 1 fully saturated rings. The molecule has 1 aromatic carbocycles. The molecule has 0 unspecified atom stereocenters. The fourth-order valence-electron chi connectivity index (χ4n) is 1.85. The standard InChI is InChI=1S/C14H19N3O/c1-10-8-12(17(3)9-15-2)6-7-13(10)14(18)16-11-4-5-11/h6-9,11H,4-5H2,1-3H3,(H,16,18). The van der Waals surface area contributed by atoms with Crippen molar-refractivity contribution in [2.45, 2.75) is 25.8 Å². The Morgan fingerprint density at radius 2 is 2.22 bits per heavy atom. The summed E-state index contributed by atoms with van der Waals surface area (Å²) in [6, 6.07) is 6.22. The smallest absolute Gasteiger partial charge is 0.251 e. The van der Waals surface area contributed by atoms with Crippen LogP contribution < -0.4 is 10.2 Å². The van der Waals surface area contributed by atoms with Gasteiger partial charge in [0, 0.05) is 31.4 Å². The Morgan fingerprint density at radius 1 is 1.50 bits per heavy atom. The molecule has 0 spiro atoms. The highest BCUT2D eigenvalue weighted by molar-refractivity contribution is 5.96. The second kappa shape index (κ2) is 5.21. The molecule has 0 radical (unpaired) electrons. The maximum atomic E-state index is 12.0. The van der Waals surface area contributed by atoms with Gasteiger partial charge in [-0.1, -0.05) is 0 Å². The van der Waals surface area contributed by atoms with E-state index in [9.17, 15) is 4.79 Å². The van der Waals surface area contributed by atoms with Crippen LogP contribution in [0.25, 0.3) is 0 Å². The molecule has 1 aliphatic carbocycles. The molecule has 0 saturated heterocycles. The molecule has 1 amide bonds. The third-order valence-corrected chi connectivity index (χ3v) is 3.06. The van der Waals surface area contributed by atoms with Crippen LogP contribution in [0, 0.1) is 6.92 Å². The monoisotopic (exact) mass is 245 g/mol. The lowest BCUT2D eigenvalue weighted by molar-refractivity contribution is 0.0950. The predicted molar refractivity (Wildman–Crippen MR) is 74.5 cm³/mol. The first kappa shape index (κ1) is 12.6. The van der Waals surface area contributed by atoms with Crippen molar-refractivity contribution < 1.29 is 4.79 Å². The number of carbonyl (C=O) groups is 1. The number of hydrogen-bond donors (Lipinski definition) is 1. The van der Waals surface area contributed by atoms with Crippen LogP contribution in [0.3, 0.4) is 0 Å². The van der Waals surface area contributed by atoms with E-state index in [1.165, 1.54) is 0 Å². The molecule has 2 rings (SSSR count). The van der Waals surface area contributed by atoms with E-state index in [1.807, 2.05) is 37.1 Å². The van der Waals surface area contributed by atoms with Crippen LogP contribution in [-0.2, 0) is 0 Å². The van der Waals surface area contributed by atoms with Gasteiger partial charge in [-0.2, -0.15) is 0 Å². The zero-order valence-corrected chi connectivity index (χ0v) is 11.1. The van der Waals surface area contributed by atoms with Crippen molar-refractivity contribution in [3.05, 3.63) is 29.3 Å². The number of aryl methyl sites for hydroxylation is 1. The largest absolute Gasteiger partial charge is 0.349 e. The van der Waals surface area contributed by atoms with Crippen LogP contribution in [0.4, 0.5) is 5.69 Å². The van der Waals surface area contributed by atoms with Gasteiger partial charge < -0.3 is 10.2 Å². The summed E-state index contributed by atoms with van der Waals surface area (Å²) in [7, 11) is 3.67. The average molecular weight is 245 g/mol. The van der Waals surface area contributed by atoms with Gasteiger partial charge in [-0.3, -0.25) is 9.79 Å². The van der Waals surface area contributed by atoms with E-state index in [-0.39, 0.29) is 5.91 Å².